The Morgan fingerprint density at radius 1 is 0.762 bits per heavy atom. The smallest absolute Gasteiger partial charge is 0.414 e. The number of para-hydroxylation sites is 4. The monoisotopic (exact) mass is 580 g/mol. The highest BCUT2D eigenvalue weighted by Gasteiger charge is 2.20. The largest absolute Gasteiger partial charge is 0.453 e. The lowest BCUT2D eigenvalue weighted by atomic mass is 10.3. The van der Waals surface area contributed by atoms with E-state index in [0.717, 1.165) is 25.7 Å². The quantitative estimate of drug-likeness (QED) is 0.218. The molecule has 4 aromatic rings. The third-order valence-electron chi connectivity index (χ3n) is 5.90. The number of anilines is 1. The van der Waals surface area contributed by atoms with Crippen LogP contribution in [-0.2, 0) is 4.74 Å². The van der Waals surface area contributed by atoms with E-state index < -0.39 is 12.2 Å². The first-order valence-electron chi connectivity index (χ1n) is 13.6. The number of hydrogen-bond donors (Lipinski definition) is 4. The van der Waals surface area contributed by atoms with Crippen molar-refractivity contribution in [3.05, 3.63) is 48.5 Å². The molecule has 0 fully saturated rings. The lowest BCUT2D eigenvalue weighted by Crippen LogP contribution is -2.31. The molecule has 2 heterocycles. The van der Waals surface area contributed by atoms with Gasteiger partial charge in [-0.1, -0.05) is 51.0 Å². The van der Waals surface area contributed by atoms with Crippen LogP contribution in [0.25, 0.3) is 22.1 Å². The van der Waals surface area contributed by atoms with Gasteiger partial charge in [-0.2, -0.15) is 4.98 Å². The average molecular weight is 581 g/mol. The number of nitrogens with zero attached hydrogens (tertiary/aromatic N) is 4. The molecule has 0 atom stereocenters. The van der Waals surface area contributed by atoms with Gasteiger partial charge in [-0.3, -0.25) is 5.32 Å². The highest BCUT2D eigenvalue weighted by Crippen LogP contribution is 2.21. The number of benzene rings is 2. The first-order valence-corrected chi connectivity index (χ1v) is 13.6. The predicted octanol–water partition coefficient (Wildman–Crippen LogP) is 4.68. The number of amides is 4. The van der Waals surface area contributed by atoms with Crippen LogP contribution in [0.3, 0.4) is 0 Å². The van der Waals surface area contributed by atoms with Crippen molar-refractivity contribution in [2.45, 2.75) is 39.5 Å². The molecule has 14 nitrogen and oxygen atoms in total. The minimum Gasteiger partial charge on any atom is -0.453 e. The van der Waals surface area contributed by atoms with Crippen molar-refractivity contribution in [1.29, 1.82) is 0 Å². The molecule has 0 bridgehead atoms. The van der Waals surface area contributed by atoms with Gasteiger partial charge in [-0.15, -0.1) is 0 Å². The van der Waals surface area contributed by atoms with Crippen LogP contribution >= 0.6 is 0 Å². The number of ether oxygens (including phenoxy) is 2. The van der Waals surface area contributed by atoms with Gasteiger partial charge in [0.25, 0.3) is 0 Å². The van der Waals surface area contributed by atoms with Crippen LogP contribution in [-0.4, -0.2) is 70.6 Å². The van der Waals surface area contributed by atoms with Gasteiger partial charge in [0.2, 0.25) is 5.95 Å². The van der Waals surface area contributed by atoms with E-state index >= 15 is 0 Å². The maximum Gasteiger partial charge on any atom is 0.414 e. The molecule has 2 aromatic carbocycles. The molecule has 2 aromatic heterocycles. The Morgan fingerprint density at radius 2 is 1.29 bits per heavy atom. The van der Waals surface area contributed by atoms with Crippen LogP contribution < -0.4 is 26.0 Å². The van der Waals surface area contributed by atoms with Gasteiger partial charge in [-0.05, 0) is 37.1 Å². The molecule has 0 aliphatic heterocycles. The van der Waals surface area contributed by atoms with Crippen LogP contribution in [0.5, 0.6) is 6.01 Å². The van der Waals surface area contributed by atoms with Gasteiger partial charge in [0, 0.05) is 20.1 Å². The summed E-state index contributed by atoms with van der Waals surface area (Å²) in [5, 5.41) is 10.4. The number of aromatic nitrogens is 4. The second-order valence-electron chi connectivity index (χ2n) is 8.91. The average Bonchev–Trinajstić information content (AvgIpc) is 3.54. The molecule has 0 saturated carbocycles. The van der Waals surface area contributed by atoms with Gasteiger partial charge >= 0.3 is 30.3 Å². The number of carbonyl (C=O) groups excluding carboxylic acids is 4. The Bertz CT molecular complexity index is 1420. The Kier molecular flexibility index (Phi) is 11.7. The fraction of sp³-hybridized carbons (Fsp3) is 0.357. The predicted molar refractivity (Wildman–Crippen MR) is 158 cm³/mol. The molecular weight excluding hydrogens is 544 g/mol. The topological polar surface area (TPSA) is 170 Å². The summed E-state index contributed by atoms with van der Waals surface area (Å²) in [5.41, 5.74) is 2.42. The number of rotatable bonds is 8. The van der Waals surface area contributed by atoms with Crippen molar-refractivity contribution >= 4 is 52.3 Å². The number of methoxy groups -OCH3 is 1. The molecule has 0 aliphatic carbocycles. The third kappa shape index (κ3) is 7.96. The lowest BCUT2D eigenvalue weighted by Gasteiger charge is -2.09. The summed E-state index contributed by atoms with van der Waals surface area (Å²) in [4.78, 5) is 55.7. The summed E-state index contributed by atoms with van der Waals surface area (Å²) in [6, 6.07) is 13.5. The second kappa shape index (κ2) is 15.6. The standard InChI is InChI=1S/2C14H18N4O3/c1-3-4-9-15-13(19)18-11-8-6-5-7-10(11)16-12(18)17-14(20)21-2;1-3-4-9-16-12(19)18-11-8-6-5-7-10(11)17-13(18)21-14(20)15-2/h5-8H,3-4,9H2,1-2H3,(H,15,19)(H,16,17,20);5-8H,3-4,9H2,1-2H3,(H,15,20)(H,16,19). The zero-order valence-corrected chi connectivity index (χ0v) is 24.1. The van der Waals surface area contributed by atoms with E-state index in [2.05, 4.69) is 36.0 Å². The summed E-state index contributed by atoms with van der Waals surface area (Å²) in [7, 11) is 2.69. The van der Waals surface area contributed by atoms with Gasteiger partial charge in [0.15, 0.2) is 0 Å². The second-order valence-corrected chi connectivity index (χ2v) is 8.91. The Labute approximate surface area is 242 Å². The van der Waals surface area contributed by atoms with Crippen molar-refractivity contribution in [2.24, 2.45) is 0 Å². The Morgan fingerprint density at radius 3 is 1.83 bits per heavy atom. The van der Waals surface area contributed by atoms with Crippen LogP contribution in [0.15, 0.2) is 48.5 Å². The first-order chi connectivity index (χ1) is 20.3. The van der Waals surface area contributed by atoms with Crippen LogP contribution in [0.1, 0.15) is 39.5 Å². The summed E-state index contributed by atoms with van der Waals surface area (Å²) in [5.74, 6) is 0.136. The molecule has 4 N–H and O–H groups in total. The highest BCUT2D eigenvalue weighted by atomic mass is 16.6. The van der Waals surface area contributed by atoms with E-state index in [4.69, 9.17) is 4.74 Å². The maximum atomic E-state index is 12.3. The maximum absolute atomic E-state index is 12.3. The minimum atomic E-state index is -0.673. The summed E-state index contributed by atoms with van der Waals surface area (Å²) in [6.07, 6.45) is 2.38. The summed E-state index contributed by atoms with van der Waals surface area (Å²) >= 11 is 0. The first kappa shape index (κ1) is 31.4. The van der Waals surface area contributed by atoms with E-state index in [-0.39, 0.29) is 24.0 Å². The van der Waals surface area contributed by atoms with Gasteiger partial charge in [0.05, 0.1) is 29.2 Å². The molecule has 0 spiro atoms. The summed E-state index contributed by atoms with van der Waals surface area (Å²) in [6.45, 7) is 5.21. The molecule has 0 saturated heterocycles. The van der Waals surface area contributed by atoms with Crippen LogP contribution in [0.4, 0.5) is 25.1 Å². The van der Waals surface area contributed by atoms with E-state index in [1.165, 1.54) is 23.3 Å². The molecule has 4 rings (SSSR count). The van der Waals surface area contributed by atoms with Gasteiger partial charge < -0.3 is 25.4 Å². The minimum absolute atomic E-state index is 0.0513. The van der Waals surface area contributed by atoms with E-state index in [9.17, 15) is 19.2 Å². The highest BCUT2D eigenvalue weighted by molar-refractivity contribution is 5.96. The van der Waals surface area contributed by atoms with E-state index in [1.807, 2.05) is 26.0 Å². The van der Waals surface area contributed by atoms with Crippen molar-refractivity contribution in [3.63, 3.8) is 0 Å². The fourth-order valence-corrected chi connectivity index (χ4v) is 3.76. The zero-order chi connectivity index (χ0) is 30.5. The lowest BCUT2D eigenvalue weighted by molar-refractivity contribution is 0.186. The number of imidazole rings is 2. The number of fused-ring (bicyclic) bond motifs is 2. The molecule has 224 valence electrons. The van der Waals surface area contributed by atoms with E-state index in [1.54, 1.807) is 36.4 Å². The number of nitrogens with one attached hydrogen (secondary N) is 4. The van der Waals surface area contributed by atoms with Crippen molar-refractivity contribution in [3.8, 4) is 6.01 Å². The van der Waals surface area contributed by atoms with Crippen LogP contribution in [0, 0.1) is 0 Å². The third-order valence-corrected chi connectivity index (χ3v) is 5.90. The molecular formula is C28H36N8O6. The zero-order valence-electron chi connectivity index (χ0n) is 24.1. The van der Waals surface area contributed by atoms with Crippen LogP contribution in [0.2, 0.25) is 0 Å². The van der Waals surface area contributed by atoms with E-state index in [0.29, 0.717) is 35.2 Å². The Balaban J connectivity index is 0.000000230. The SMILES string of the molecule is CCCCNC(=O)n1c(NC(=O)OC)nc2ccccc21.CCCCNC(=O)n1c(OC(=O)NC)nc2ccccc21. The summed E-state index contributed by atoms with van der Waals surface area (Å²) < 4.78 is 12.2. The molecule has 42 heavy (non-hydrogen) atoms. The number of hydrogen-bond acceptors (Lipinski definition) is 8. The molecule has 4 amide bonds. The van der Waals surface area contributed by atoms with Gasteiger partial charge in [-0.25, -0.2) is 33.3 Å². The van der Waals surface area contributed by atoms with Crippen molar-refractivity contribution in [2.75, 3.05) is 32.6 Å². The van der Waals surface area contributed by atoms with Crippen molar-refractivity contribution < 1.29 is 28.7 Å². The number of carbonyl (C=O) groups is 4. The molecule has 0 aliphatic rings. The van der Waals surface area contributed by atoms with Gasteiger partial charge in [0.1, 0.15) is 0 Å². The fourth-order valence-electron chi connectivity index (χ4n) is 3.76. The Hall–Kier alpha value is -5.14. The molecule has 0 unspecified atom stereocenters. The normalized spacial score (nSPS) is 10.4. The number of unbranched alkanes of at least 4 members (excludes halogenated alkanes) is 2. The van der Waals surface area contributed by atoms with Crippen molar-refractivity contribution in [1.82, 2.24) is 35.1 Å². The molecule has 0 radical (unpaired) electrons. The molecule has 14 heteroatoms.